The largest absolute Gasteiger partial charge is 0.353 e. The van der Waals surface area contributed by atoms with Crippen molar-refractivity contribution >= 4 is 5.91 Å². The van der Waals surface area contributed by atoms with Crippen LogP contribution in [0.4, 0.5) is 0 Å². The molecule has 0 aromatic carbocycles. The van der Waals surface area contributed by atoms with Crippen LogP contribution >= 0.6 is 0 Å². The number of amides is 1. The van der Waals surface area contributed by atoms with Gasteiger partial charge in [-0.05, 0) is 38.9 Å². The first-order valence-electron chi connectivity index (χ1n) is 7.01. The molecule has 0 saturated carbocycles. The molecule has 1 amide bonds. The quantitative estimate of drug-likeness (QED) is 0.698. The first-order chi connectivity index (χ1) is 8.27. The summed E-state index contributed by atoms with van der Waals surface area (Å²) in [4.78, 5) is 14.2. The van der Waals surface area contributed by atoms with Gasteiger partial charge in [-0.15, -0.1) is 0 Å². The van der Waals surface area contributed by atoms with Gasteiger partial charge < -0.3 is 15.5 Å². The van der Waals surface area contributed by atoms with Crippen molar-refractivity contribution in [2.75, 3.05) is 32.7 Å². The average molecular weight is 241 g/mol. The number of nitrogens with zero attached hydrogens (tertiary/aromatic N) is 1. The zero-order valence-electron chi connectivity index (χ0n) is 11.3. The van der Waals surface area contributed by atoms with E-state index in [1.54, 1.807) is 0 Å². The molecule has 0 spiro atoms. The Labute approximate surface area is 105 Å². The zero-order valence-corrected chi connectivity index (χ0v) is 11.3. The molecule has 1 rings (SSSR count). The van der Waals surface area contributed by atoms with E-state index >= 15 is 0 Å². The van der Waals surface area contributed by atoms with Crippen LogP contribution in [0.3, 0.4) is 0 Å². The van der Waals surface area contributed by atoms with Crippen LogP contribution in [0.5, 0.6) is 0 Å². The summed E-state index contributed by atoms with van der Waals surface area (Å²) >= 11 is 0. The Morgan fingerprint density at radius 2 is 2.18 bits per heavy atom. The normalized spacial score (nSPS) is 20.5. The van der Waals surface area contributed by atoms with Crippen LogP contribution < -0.4 is 10.6 Å². The van der Waals surface area contributed by atoms with E-state index in [1.807, 2.05) is 0 Å². The minimum atomic E-state index is 0.0463. The second-order valence-corrected chi connectivity index (χ2v) is 4.73. The predicted molar refractivity (Wildman–Crippen MR) is 71.1 cm³/mol. The topological polar surface area (TPSA) is 44.4 Å². The third kappa shape index (κ3) is 5.50. The second-order valence-electron chi connectivity index (χ2n) is 4.73. The molecular formula is C13H27N3O. The van der Waals surface area contributed by atoms with Crippen LogP contribution in [0, 0.1) is 0 Å². The molecular weight excluding hydrogens is 214 g/mol. The highest BCUT2D eigenvalue weighted by molar-refractivity contribution is 5.81. The summed E-state index contributed by atoms with van der Waals surface area (Å²) in [5.41, 5.74) is 0. The van der Waals surface area contributed by atoms with Gasteiger partial charge in [0.05, 0.1) is 6.04 Å². The van der Waals surface area contributed by atoms with Crippen LogP contribution in [0.15, 0.2) is 0 Å². The Morgan fingerprint density at radius 1 is 1.35 bits per heavy atom. The number of hydrogen-bond donors (Lipinski definition) is 2. The number of carbonyl (C=O) groups excluding carboxylic acids is 1. The maximum Gasteiger partial charge on any atom is 0.237 e. The van der Waals surface area contributed by atoms with E-state index in [0.29, 0.717) is 0 Å². The fourth-order valence-electron chi connectivity index (χ4n) is 2.28. The number of rotatable bonds is 7. The Hall–Kier alpha value is -0.610. The Kier molecular flexibility index (Phi) is 7.21. The lowest BCUT2D eigenvalue weighted by Crippen LogP contribution is -2.48. The van der Waals surface area contributed by atoms with Crippen molar-refractivity contribution in [1.82, 2.24) is 15.5 Å². The lowest BCUT2D eigenvalue weighted by atomic mass is 10.0. The van der Waals surface area contributed by atoms with Crippen LogP contribution in [-0.2, 0) is 4.79 Å². The molecule has 0 radical (unpaired) electrons. The van der Waals surface area contributed by atoms with Crippen molar-refractivity contribution in [1.29, 1.82) is 0 Å². The highest BCUT2D eigenvalue weighted by Crippen LogP contribution is 2.06. The Balaban J connectivity index is 2.14. The monoisotopic (exact) mass is 241 g/mol. The fraction of sp³-hybridized carbons (Fsp3) is 0.923. The predicted octanol–water partition coefficient (Wildman–Crippen LogP) is 0.977. The summed E-state index contributed by atoms with van der Waals surface area (Å²) in [5, 5.41) is 6.30. The smallest absolute Gasteiger partial charge is 0.237 e. The van der Waals surface area contributed by atoms with E-state index in [4.69, 9.17) is 0 Å². The number of piperidine rings is 1. The van der Waals surface area contributed by atoms with Gasteiger partial charge in [-0.1, -0.05) is 20.3 Å². The first-order valence-corrected chi connectivity index (χ1v) is 7.01. The summed E-state index contributed by atoms with van der Waals surface area (Å²) in [6, 6.07) is 0.0463. The lowest BCUT2D eigenvalue weighted by Gasteiger charge is -2.24. The van der Waals surface area contributed by atoms with Gasteiger partial charge in [0.2, 0.25) is 5.91 Å². The van der Waals surface area contributed by atoms with Gasteiger partial charge in [0.15, 0.2) is 0 Å². The highest BCUT2D eigenvalue weighted by Gasteiger charge is 2.19. The van der Waals surface area contributed by atoms with Gasteiger partial charge in [-0.25, -0.2) is 0 Å². The molecule has 0 unspecified atom stereocenters. The molecule has 0 bridgehead atoms. The second kappa shape index (κ2) is 8.48. The zero-order chi connectivity index (χ0) is 12.5. The van der Waals surface area contributed by atoms with Crippen molar-refractivity contribution in [3.05, 3.63) is 0 Å². The first kappa shape index (κ1) is 14.5. The summed E-state index contributed by atoms with van der Waals surface area (Å²) < 4.78 is 0. The average Bonchev–Trinajstić information content (AvgIpc) is 2.38. The third-order valence-electron chi connectivity index (χ3n) is 3.34. The molecule has 100 valence electrons. The standard InChI is InChI=1S/C13H27N3O/c1-3-10-16(4-2)11-9-15-13(17)12-7-5-6-8-14-12/h12,14H,3-11H2,1-2H3,(H,15,17)/t12-/m0/s1. The number of hydrogen-bond acceptors (Lipinski definition) is 3. The molecule has 1 saturated heterocycles. The van der Waals surface area contributed by atoms with Crippen molar-refractivity contribution in [3.63, 3.8) is 0 Å². The van der Waals surface area contributed by atoms with Crippen molar-refractivity contribution in [3.8, 4) is 0 Å². The van der Waals surface area contributed by atoms with E-state index in [9.17, 15) is 4.79 Å². The summed E-state index contributed by atoms with van der Waals surface area (Å²) in [6.45, 7) is 9.25. The SMILES string of the molecule is CCCN(CC)CCNC(=O)[C@@H]1CCCCN1. The van der Waals surface area contributed by atoms with Gasteiger partial charge in [0.25, 0.3) is 0 Å². The molecule has 0 aliphatic carbocycles. The van der Waals surface area contributed by atoms with Crippen LogP contribution in [0.25, 0.3) is 0 Å². The summed E-state index contributed by atoms with van der Waals surface area (Å²) in [5.74, 6) is 0.178. The highest BCUT2D eigenvalue weighted by atomic mass is 16.2. The maximum atomic E-state index is 11.8. The lowest BCUT2D eigenvalue weighted by molar-refractivity contribution is -0.123. The summed E-state index contributed by atoms with van der Waals surface area (Å²) in [6.07, 6.45) is 4.52. The molecule has 1 heterocycles. The van der Waals surface area contributed by atoms with Crippen molar-refractivity contribution < 1.29 is 4.79 Å². The van der Waals surface area contributed by atoms with Crippen LogP contribution in [0.2, 0.25) is 0 Å². The Bertz CT molecular complexity index is 215. The molecule has 1 aliphatic heterocycles. The number of nitrogens with one attached hydrogen (secondary N) is 2. The van der Waals surface area contributed by atoms with E-state index < -0.39 is 0 Å². The van der Waals surface area contributed by atoms with Gasteiger partial charge in [0.1, 0.15) is 0 Å². The van der Waals surface area contributed by atoms with Gasteiger partial charge in [-0.3, -0.25) is 4.79 Å². The molecule has 0 aromatic rings. The van der Waals surface area contributed by atoms with Gasteiger partial charge >= 0.3 is 0 Å². The molecule has 1 aliphatic rings. The molecule has 0 aromatic heterocycles. The molecule has 17 heavy (non-hydrogen) atoms. The molecule has 1 atom stereocenters. The van der Waals surface area contributed by atoms with E-state index in [1.165, 1.54) is 19.3 Å². The van der Waals surface area contributed by atoms with E-state index in [0.717, 1.165) is 39.1 Å². The van der Waals surface area contributed by atoms with Crippen LogP contribution in [-0.4, -0.2) is 49.6 Å². The number of carbonyl (C=O) groups is 1. The number of likely N-dealkylation sites (N-methyl/N-ethyl adjacent to an activating group) is 1. The van der Waals surface area contributed by atoms with Crippen LogP contribution in [0.1, 0.15) is 39.5 Å². The van der Waals surface area contributed by atoms with E-state index in [-0.39, 0.29) is 11.9 Å². The van der Waals surface area contributed by atoms with Gasteiger partial charge in [-0.2, -0.15) is 0 Å². The fourth-order valence-corrected chi connectivity index (χ4v) is 2.28. The molecule has 2 N–H and O–H groups in total. The minimum Gasteiger partial charge on any atom is -0.353 e. The molecule has 4 heteroatoms. The van der Waals surface area contributed by atoms with Crippen molar-refractivity contribution in [2.45, 2.75) is 45.6 Å². The molecule has 4 nitrogen and oxygen atoms in total. The maximum absolute atomic E-state index is 11.8. The Morgan fingerprint density at radius 3 is 2.76 bits per heavy atom. The van der Waals surface area contributed by atoms with Gasteiger partial charge in [0, 0.05) is 13.1 Å². The minimum absolute atomic E-state index is 0.0463. The van der Waals surface area contributed by atoms with E-state index in [2.05, 4.69) is 29.4 Å². The van der Waals surface area contributed by atoms with Crippen molar-refractivity contribution in [2.24, 2.45) is 0 Å². The summed E-state index contributed by atoms with van der Waals surface area (Å²) in [7, 11) is 0. The molecule has 1 fully saturated rings. The third-order valence-corrected chi connectivity index (χ3v) is 3.34.